The van der Waals surface area contributed by atoms with E-state index in [1.54, 1.807) is 10.8 Å². The van der Waals surface area contributed by atoms with Crippen molar-refractivity contribution in [1.82, 2.24) is 24.7 Å². The monoisotopic (exact) mass is 365 g/mol. The van der Waals surface area contributed by atoms with Crippen LogP contribution in [0.2, 0.25) is 0 Å². The SMILES string of the molecule is CC1CCCC(C)N1CCCOc1ccc(-c2ccc3nncn3n2)cc1. The smallest absolute Gasteiger partial charge is 0.177 e. The predicted octanol–water partition coefficient (Wildman–Crippen LogP) is 3.82. The average Bonchev–Trinajstić information content (AvgIpc) is 3.15. The molecule has 3 heterocycles. The first kappa shape index (κ1) is 17.9. The van der Waals surface area contributed by atoms with Gasteiger partial charge in [0.25, 0.3) is 0 Å². The third-order valence-electron chi connectivity index (χ3n) is 5.52. The van der Waals surface area contributed by atoms with Gasteiger partial charge in [-0.3, -0.25) is 4.90 Å². The van der Waals surface area contributed by atoms with Gasteiger partial charge in [0.15, 0.2) is 5.65 Å². The molecule has 0 N–H and O–H groups in total. The van der Waals surface area contributed by atoms with E-state index in [-0.39, 0.29) is 0 Å². The van der Waals surface area contributed by atoms with E-state index in [1.165, 1.54) is 19.3 Å². The second-order valence-corrected chi connectivity index (χ2v) is 7.45. The minimum atomic E-state index is 0.698. The van der Waals surface area contributed by atoms with Gasteiger partial charge >= 0.3 is 0 Å². The zero-order valence-corrected chi connectivity index (χ0v) is 16.1. The van der Waals surface area contributed by atoms with Crippen LogP contribution in [0.15, 0.2) is 42.7 Å². The summed E-state index contributed by atoms with van der Waals surface area (Å²) in [5.74, 6) is 0.906. The highest BCUT2D eigenvalue weighted by Gasteiger charge is 2.23. The van der Waals surface area contributed by atoms with Crippen LogP contribution >= 0.6 is 0 Å². The number of rotatable bonds is 6. The lowest BCUT2D eigenvalue weighted by atomic mass is 9.97. The topological polar surface area (TPSA) is 55.5 Å². The number of ether oxygens (including phenoxy) is 1. The molecular formula is C21H27N5O. The van der Waals surface area contributed by atoms with E-state index in [4.69, 9.17) is 4.74 Å². The predicted molar refractivity (Wildman–Crippen MR) is 106 cm³/mol. The van der Waals surface area contributed by atoms with E-state index in [0.717, 1.165) is 42.2 Å². The van der Waals surface area contributed by atoms with Crippen LogP contribution in [-0.2, 0) is 0 Å². The van der Waals surface area contributed by atoms with Gasteiger partial charge in [-0.1, -0.05) is 6.42 Å². The highest BCUT2D eigenvalue weighted by molar-refractivity contribution is 5.60. The first-order valence-electron chi connectivity index (χ1n) is 9.87. The molecule has 1 saturated heterocycles. The second kappa shape index (κ2) is 8.05. The lowest BCUT2D eigenvalue weighted by Gasteiger charge is -2.39. The summed E-state index contributed by atoms with van der Waals surface area (Å²) in [6.07, 6.45) is 6.67. The van der Waals surface area contributed by atoms with Crippen molar-refractivity contribution < 1.29 is 4.74 Å². The second-order valence-electron chi connectivity index (χ2n) is 7.45. The van der Waals surface area contributed by atoms with Gasteiger partial charge < -0.3 is 4.74 Å². The largest absolute Gasteiger partial charge is 0.494 e. The summed E-state index contributed by atoms with van der Waals surface area (Å²) in [7, 11) is 0. The molecule has 6 heteroatoms. The molecule has 3 aromatic rings. The molecule has 0 aliphatic carbocycles. The van der Waals surface area contributed by atoms with Crippen LogP contribution in [-0.4, -0.2) is 49.9 Å². The Hall–Kier alpha value is -2.47. The number of aromatic nitrogens is 4. The van der Waals surface area contributed by atoms with Gasteiger partial charge in [-0.15, -0.1) is 10.2 Å². The van der Waals surface area contributed by atoms with Gasteiger partial charge in [0, 0.05) is 24.2 Å². The third-order valence-corrected chi connectivity index (χ3v) is 5.52. The van der Waals surface area contributed by atoms with Crippen LogP contribution in [0.4, 0.5) is 0 Å². The average molecular weight is 365 g/mol. The van der Waals surface area contributed by atoms with Gasteiger partial charge in [-0.05, 0) is 69.5 Å². The maximum Gasteiger partial charge on any atom is 0.177 e. The highest BCUT2D eigenvalue weighted by atomic mass is 16.5. The molecule has 1 fully saturated rings. The molecular weight excluding hydrogens is 338 g/mol. The van der Waals surface area contributed by atoms with E-state index in [2.05, 4.69) is 34.0 Å². The third kappa shape index (κ3) is 4.11. The molecule has 0 amide bonds. The maximum atomic E-state index is 5.94. The maximum absolute atomic E-state index is 5.94. The van der Waals surface area contributed by atoms with E-state index in [9.17, 15) is 0 Å². The van der Waals surface area contributed by atoms with E-state index >= 15 is 0 Å². The van der Waals surface area contributed by atoms with E-state index in [0.29, 0.717) is 12.1 Å². The van der Waals surface area contributed by atoms with Crippen molar-refractivity contribution in [3.8, 4) is 17.0 Å². The Kier molecular flexibility index (Phi) is 5.34. The summed E-state index contributed by atoms with van der Waals surface area (Å²) in [5, 5.41) is 12.4. The van der Waals surface area contributed by atoms with Crippen molar-refractivity contribution in [3.63, 3.8) is 0 Å². The lowest BCUT2D eigenvalue weighted by Crippen LogP contribution is -2.44. The minimum Gasteiger partial charge on any atom is -0.494 e. The summed E-state index contributed by atoms with van der Waals surface area (Å²) in [4.78, 5) is 2.63. The fourth-order valence-electron chi connectivity index (χ4n) is 3.96. The number of nitrogens with zero attached hydrogens (tertiary/aromatic N) is 5. The Labute approximate surface area is 160 Å². The number of hydrogen-bond acceptors (Lipinski definition) is 5. The van der Waals surface area contributed by atoms with Crippen LogP contribution in [0.25, 0.3) is 16.9 Å². The zero-order chi connectivity index (χ0) is 18.6. The van der Waals surface area contributed by atoms with Crippen molar-refractivity contribution >= 4 is 5.65 Å². The van der Waals surface area contributed by atoms with Crippen molar-refractivity contribution in [2.24, 2.45) is 0 Å². The van der Waals surface area contributed by atoms with Gasteiger partial charge in [0.1, 0.15) is 12.1 Å². The molecule has 1 aliphatic heterocycles. The zero-order valence-electron chi connectivity index (χ0n) is 16.1. The summed E-state index contributed by atoms with van der Waals surface area (Å²) >= 11 is 0. The number of hydrogen-bond donors (Lipinski definition) is 0. The van der Waals surface area contributed by atoms with Crippen LogP contribution in [0.5, 0.6) is 5.75 Å². The summed E-state index contributed by atoms with van der Waals surface area (Å²) in [6, 6.07) is 13.4. The fraction of sp³-hybridized carbons (Fsp3) is 0.476. The molecule has 2 atom stereocenters. The summed E-state index contributed by atoms with van der Waals surface area (Å²) in [5.41, 5.74) is 2.69. The first-order chi connectivity index (χ1) is 13.2. The van der Waals surface area contributed by atoms with E-state index < -0.39 is 0 Å². The molecule has 2 aromatic heterocycles. The fourth-order valence-corrected chi connectivity index (χ4v) is 3.96. The molecule has 1 aliphatic rings. The first-order valence-corrected chi connectivity index (χ1v) is 9.87. The van der Waals surface area contributed by atoms with Crippen LogP contribution in [0.1, 0.15) is 39.5 Å². The van der Waals surface area contributed by atoms with Gasteiger partial charge in [-0.2, -0.15) is 9.61 Å². The summed E-state index contributed by atoms with van der Waals surface area (Å²) < 4.78 is 7.63. The molecule has 0 bridgehead atoms. The standard InChI is InChI=1S/C21H27N5O/c1-16-5-3-6-17(2)25(16)13-4-14-27-19-9-7-18(8-10-19)20-11-12-21-23-22-15-26(21)24-20/h7-12,15-17H,3-6,13-14H2,1-2H3. The van der Waals surface area contributed by atoms with Crippen LogP contribution in [0, 0.1) is 0 Å². The molecule has 0 spiro atoms. The van der Waals surface area contributed by atoms with Crippen LogP contribution < -0.4 is 4.74 Å². The van der Waals surface area contributed by atoms with Crippen molar-refractivity contribution in [2.45, 2.75) is 51.6 Å². The Morgan fingerprint density at radius 1 is 1.04 bits per heavy atom. The number of fused-ring (bicyclic) bond motifs is 1. The molecule has 2 unspecified atom stereocenters. The normalized spacial score (nSPS) is 20.8. The Balaban J connectivity index is 1.30. The molecule has 1 aromatic carbocycles. The molecule has 0 saturated carbocycles. The van der Waals surface area contributed by atoms with Crippen molar-refractivity contribution in [1.29, 1.82) is 0 Å². The number of piperidine rings is 1. The van der Waals surface area contributed by atoms with Gasteiger partial charge in [0.2, 0.25) is 0 Å². The summed E-state index contributed by atoms with van der Waals surface area (Å²) in [6.45, 7) is 6.56. The minimum absolute atomic E-state index is 0.698. The molecule has 27 heavy (non-hydrogen) atoms. The van der Waals surface area contributed by atoms with Crippen molar-refractivity contribution in [2.75, 3.05) is 13.2 Å². The van der Waals surface area contributed by atoms with Crippen molar-refractivity contribution in [3.05, 3.63) is 42.7 Å². The highest BCUT2D eigenvalue weighted by Crippen LogP contribution is 2.23. The van der Waals surface area contributed by atoms with Gasteiger partial charge in [0.05, 0.1) is 12.3 Å². The Morgan fingerprint density at radius 3 is 2.59 bits per heavy atom. The quantitative estimate of drug-likeness (QED) is 0.622. The number of likely N-dealkylation sites (tertiary alicyclic amines) is 1. The number of benzene rings is 1. The van der Waals surface area contributed by atoms with E-state index in [1.807, 2.05) is 36.4 Å². The van der Waals surface area contributed by atoms with Crippen LogP contribution in [0.3, 0.4) is 0 Å². The van der Waals surface area contributed by atoms with Gasteiger partial charge in [-0.25, -0.2) is 0 Å². The molecule has 4 rings (SSSR count). The molecule has 142 valence electrons. The Bertz CT molecular complexity index is 866. The Morgan fingerprint density at radius 2 is 1.81 bits per heavy atom. The molecule has 6 nitrogen and oxygen atoms in total. The lowest BCUT2D eigenvalue weighted by molar-refractivity contribution is 0.0961. The molecule has 0 radical (unpaired) electrons.